The summed E-state index contributed by atoms with van der Waals surface area (Å²) in [7, 11) is 0. The molecule has 1 atom stereocenters. The zero-order chi connectivity index (χ0) is 17.8. The lowest BCUT2D eigenvalue weighted by Gasteiger charge is -2.33. The molecule has 0 saturated carbocycles. The normalized spacial score (nSPS) is 21.8. The Morgan fingerprint density at radius 2 is 2.08 bits per heavy atom. The predicted molar refractivity (Wildman–Crippen MR) is 97.6 cm³/mol. The van der Waals surface area contributed by atoms with E-state index in [4.69, 9.17) is 4.74 Å². The van der Waals surface area contributed by atoms with E-state index in [0.717, 1.165) is 69.4 Å². The van der Waals surface area contributed by atoms with E-state index in [9.17, 15) is 4.79 Å². The van der Waals surface area contributed by atoms with Gasteiger partial charge in [0.05, 0.1) is 12.3 Å². The summed E-state index contributed by atoms with van der Waals surface area (Å²) in [6.07, 6.45) is 3.15. The predicted octanol–water partition coefficient (Wildman–Crippen LogP) is 2.60. The molecule has 1 amide bonds. The van der Waals surface area contributed by atoms with E-state index in [-0.39, 0.29) is 11.8 Å². The van der Waals surface area contributed by atoms with Crippen molar-refractivity contribution in [3.05, 3.63) is 17.6 Å². The molecule has 3 rings (SSSR count). The first-order chi connectivity index (χ1) is 12.0. The van der Waals surface area contributed by atoms with E-state index in [1.807, 2.05) is 25.7 Å². The quantitative estimate of drug-likeness (QED) is 0.888. The van der Waals surface area contributed by atoms with E-state index < -0.39 is 0 Å². The minimum atomic E-state index is 0.0941. The van der Waals surface area contributed by atoms with Crippen LogP contribution in [0.15, 0.2) is 6.07 Å². The minimum absolute atomic E-state index is 0.0941. The first-order valence-electron chi connectivity index (χ1n) is 9.49. The van der Waals surface area contributed by atoms with Gasteiger partial charge in [0, 0.05) is 44.1 Å². The van der Waals surface area contributed by atoms with Crippen molar-refractivity contribution in [3.8, 4) is 0 Å². The molecule has 0 unspecified atom stereocenters. The molecule has 2 fully saturated rings. The SMILES string of the molecule is Cc1nc(NCC2CCN(C(=O)C(C)C)CC2)cc([C@@H]2CCOC2)n1. The van der Waals surface area contributed by atoms with Gasteiger partial charge in [-0.25, -0.2) is 9.97 Å². The van der Waals surface area contributed by atoms with Crippen LogP contribution in [0.2, 0.25) is 0 Å². The summed E-state index contributed by atoms with van der Waals surface area (Å²) in [4.78, 5) is 23.2. The molecule has 2 saturated heterocycles. The van der Waals surface area contributed by atoms with Crippen LogP contribution in [-0.2, 0) is 9.53 Å². The number of amides is 1. The lowest BCUT2D eigenvalue weighted by Crippen LogP contribution is -2.41. The Kier molecular flexibility index (Phi) is 5.89. The van der Waals surface area contributed by atoms with Crippen molar-refractivity contribution in [1.29, 1.82) is 0 Å². The fourth-order valence-electron chi connectivity index (χ4n) is 3.63. The first-order valence-corrected chi connectivity index (χ1v) is 9.49. The van der Waals surface area contributed by atoms with Crippen molar-refractivity contribution in [2.45, 2.75) is 46.0 Å². The molecule has 0 aliphatic carbocycles. The molecule has 138 valence electrons. The highest BCUT2D eigenvalue weighted by molar-refractivity contribution is 5.78. The molecule has 1 N–H and O–H groups in total. The van der Waals surface area contributed by atoms with Gasteiger partial charge in [0.1, 0.15) is 11.6 Å². The van der Waals surface area contributed by atoms with Crippen molar-refractivity contribution >= 4 is 11.7 Å². The zero-order valence-corrected chi connectivity index (χ0v) is 15.6. The van der Waals surface area contributed by atoms with Crippen LogP contribution >= 0.6 is 0 Å². The molecular formula is C19H30N4O2. The highest BCUT2D eigenvalue weighted by atomic mass is 16.5. The summed E-state index contributed by atoms with van der Waals surface area (Å²) in [6.45, 7) is 10.1. The molecule has 6 heteroatoms. The number of carbonyl (C=O) groups is 1. The van der Waals surface area contributed by atoms with Crippen LogP contribution in [0.1, 0.15) is 50.5 Å². The lowest BCUT2D eigenvalue weighted by molar-refractivity contribution is -0.135. The van der Waals surface area contributed by atoms with Crippen LogP contribution in [0.3, 0.4) is 0 Å². The second-order valence-electron chi connectivity index (χ2n) is 7.59. The van der Waals surface area contributed by atoms with Crippen LogP contribution in [0, 0.1) is 18.8 Å². The molecule has 0 bridgehead atoms. The van der Waals surface area contributed by atoms with Crippen molar-refractivity contribution in [2.75, 3.05) is 38.2 Å². The third-order valence-electron chi connectivity index (χ3n) is 5.20. The Morgan fingerprint density at radius 1 is 1.32 bits per heavy atom. The van der Waals surface area contributed by atoms with Gasteiger partial charge in [0.15, 0.2) is 0 Å². The maximum atomic E-state index is 12.1. The second-order valence-corrected chi connectivity index (χ2v) is 7.59. The number of anilines is 1. The monoisotopic (exact) mass is 346 g/mol. The van der Waals surface area contributed by atoms with Gasteiger partial charge in [-0.05, 0) is 32.1 Å². The van der Waals surface area contributed by atoms with Crippen molar-refractivity contribution in [1.82, 2.24) is 14.9 Å². The number of nitrogens with one attached hydrogen (secondary N) is 1. The van der Waals surface area contributed by atoms with Gasteiger partial charge >= 0.3 is 0 Å². The van der Waals surface area contributed by atoms with E-state index in [0.29, 0.717) is 11.8 Å². The highest BCUT2D eigenvalue weighted by Gasteiger charge is 2.24. The Morgan fingerprint density at radius 3 is 2.72 bits per heavy atom. The van der Waals surface area contributed by atoms with Gasteiger partial charge in [-0.2, -0.15) is 0 Å². The number of rotatable bonds is 5. The van der Waals surface area contributed by atoms with Crippen LogP contribution < -0.4 is 5.32 Å². The Bertz CT molecular complexity index is 591. The number of hydrogen-bond donors (Lipinski definition) is 1. The topological polar surface area (TPSA) is 67.4 Å². The number of aryl methyl sites for hydroxylation is 1. The number of hydrogen-bond acceptors (Lipinski definition) is 5. The first kappa shape index (κ1) is 18.1. The van der Waals surface area contributed by atoms with Crippen LogP contribution in [0.4, 0.5) is 5.82 Å². The summed E-state index contributed by atoms with van der Waals surface area (Å²) in [5, 5.41) is 3.49. The van der Waals surface area contributed by atoms with Crippen molar-refractivity contribution < 1.29 is 9.53 Å². The van der Waals surface area contributed by atoms with Crippen LogP contribution in [0.5, 0.6) is 0 Å². The lowest BCUT2D eigenvalue weighted by atomic mass is 9.96. The molecule has 2 aliphatic rings. The van der Waals surface area contributed by atoms with Gasteiger partial charge in [-0.15, -0.1) is 0 Å². The molecule has 1 aromatic rings. The third kappa shape index (κ3) is 4.69. The van der Waals surface area contributed by atoms with Crippen LogP contribution in [0.25, 0.3) is 0 Å². The summed E-state index contributed by atoms with van der Waals surface area (Å²) >= 11 is 0. The molecule has 3 heterocycles. The van der Waals surface area contributed by atoms with Crippen molar-refractivity contribution in [3.63, 3.8) is 0 Å². The zero-order valence-electron chi connectivity index (χ0n) is 15.6. The maximum absolute atomic E-state index is 12.1. The molecular weight excluding hydrogens is 316 g/mol. The summed E-state index contributed by atoms with van der Waals surface area (Å²) < 4.78 is 5.48. The molecule has 6 nitrogen and oxygen atoms in total. The standard InChI is InChI=1S/C19H30N4O2/c1-13(2)19(24)23-7-4-15(5-8-23)11-20-18-10-17(21-14(3)22-18)16-6-9-25-12-16/h10,13,15-16H,4-9,11-12H2,1-3H3,(H,20,21,22)/t16-/m1/s1. The molecule has 1 aromatic heterocycles. The fourth-order valence-corrected chi connectivity index (χ4v) is 3.63. The molecule has 0 aromatic carbocycles. The maximum Gasteiger partial charge on any atom is 0.225 e. The van der Waals surface area contributed by atoms with E-state index in [1.54, 1.807) is 0 Å². The van der Waals surface area contributed by atoms with Gasteiger partial charge in [0.25, 0.3) is 0 Å². The van der Waals surface area contributed by atoms with Gasteiger partial charge in [-0.3, -0.25) is 4.79 Å². The molecule has 0 radical (unpaired) electrons. The second kappa shape index (κ2) is 8.13. The fraction of sp³-hybridized carbons (Fsp3) is 0.737. The molecule has 2 aliphatic heterocycles. The van der Waals surface area contributed by atoms with Gasteiger partial charge in [-0.1, -0.05) is 13.8 Å². The number of aromatic nitrogens is 2. The minimum Gasteiger partial charge on any atom is -0.381 e. The third-order valence-corrected chi connectivity index (χ3v) is 5.20. The van der Waals surface area contributed by atoms with E-state index in [2.05, 4.69) is 21.4 Å². The number of piperidine rings is 1. The number of nitrogens with zero attached hydrogens (tertiary/aromatic N) is 3. The Hall–Kier alpha value is -1.69. The average molecular weight is 346 g/mol. The molecule has 0 spiro atoms. The number of likely N-dealkylation sites (tertiary alicyclic amines) is 1. The van der Waals surface area contributed by atoms with Gasteiger partial charge in [0.2, 0.25) is 5.91 Å². The smallest absolute Gasteiger partial charge is 0.225 e. The van der Waals surface area contributed by atoms with Gasteiger partial charge < -0.3 is 15.0 Å². The summed E-state index contributed by atoms with van der Waals surface area (Å²) in [6, 6.07) is 2.07. The summed E-state index contributed by atoms with van der Waals surface area (Å²) in [5.41, 5.74) is 1.09. The Labute approximate surface area is 150 Å². The molecule has 25 heavy (non-hydrogen) atoms. The van der Waals surface area contributed by atoms with E-state index >= 15 is 0 Å². The van der Waals surface area contributed by atoms with Crippen LogP contribution in [-0.4, -0.2) is 53.6 Å². The average Bonchev–Trinajstić information content (AvgIpc) is 3.14. The summed E-state index contributed by atoms with van der Waals surface area (Å²) in [5.74, 6) is 3.08. The largest absolute Gasteiger partial charge is 0.381 e. The number of carbonyl (C=O) groups excluding carboxylic acids is 1. The Balaban J connectivity index is 1.51. The highest BCUT2D eigenvalue weighted by Crippen LogP contribution is 2.25. The van der Waals surface area contributed by atoms with E-state index in [1.165, 1.54) is 0 Å². The number of ether oxygens (including phenoxy) is 1. The van der Waals surface area contributed by atoms with Crippen molar-refractivity contribution in [2.24, 2.45) is 11.8 Å².